The van der Waals surface area contributed by atoms with Crippen LogP contribution in [0.3, 0.4) is 0 Å². The molecule has 1 aliphatic rings. The summed E-state index contributed by atoms with van der Waals surface area (Å²) >= 11 is 0. The lowest BCUT2D eigenvalue weighted by atomic mass is 10.0. The molecule has 3 rings (SSSR count). The van der Waals surface area contributed by atoms with Gasteiger partial charge in [0.15, 0.2) is 0 Å². The molecular formula is C19H22N2O4. The predicted molar refractivity (Wildman–Crippen MR) is 91.9 cm³/mol. The summed E-state index contributed by atoms with van der Waals surface area (Å²) < 4.78 is 5.50. The Bertz CT molecular complexity index is 751. The van der Waals surface area contributed by atoms with Gasteiger partial charge in [-0.15, -0.1) is 0 Å². The van der Waals surface area contributed by atoms with Crippen LogP contribution < -0.4 is 5.32 Å². The first-order valence-corrected chi connectivity index (χ1v) is 8.55. The molecule has 1 aromatic carbocycles. The number of oxazole rings is 1. The molecule has 1 saturated carbocycles. The van der Waals surface area contributed by atoms with Gasteiger partial charge in [0.25, 0.3) is 0 Å². The van der Waals surface area contributed by atoms with Gasteiger partial charge >= 0.3 is 5.97 Å². The Labute approximate surface area is 146 Å². The lowest BCUT2D eigenvalue weighted by Gasteiger charge is -2.10. The van der Waals surface area contributed by atoms with Gasteiger partial charge in [0.05, 0.1) is 11.6 Å². The molecule has 2 atom stereocenters. The highest BCUT2D eigenvalue weighted by Gasteiger charge is 2.33. The highest BCUT2D eigenvalue weighted by molar-refractivity contribution is 5.80. The van der Waals surface area contributed by atoms with Crippen molar-refractivity contribution in [2.24, 2.45) is 11.8 Å². The summed E-state index contributed by atoms with van der Waals surface area (Å²) in [7, 11) is 0. The third kappa shape index (κ3) is 4.26. The lowest BCUT2D eigenvalue weighted by Crippen LogP contribution is -2.31. The third-order valence-electron chi connectivity index (χ3n) is 4.68. The van der Waals surface area contributed by atoms with Gasteiger partial charge in [-0.2, -0.15) is 0 Å². The van der Waals surface area contributed by atoms with Crippen LogP contribution in [0, 0.1) is 18.8 Å². The molecule has 2 N–H and O–H groups in total. The van der Waals surface area contributed by atoms with Crippen molar-refractivity contribution in [3.63, 3.8) is 0 Å². The number of aryl methyl sites for hydroxylation is 1. The molecule has 1 aromatic heterocycles. The van der Waals surface area contributed by atoms with Crippen molar-refractivity contribution >= 4 is 11.9 Å². The van der Waals surface area contributed by atoms with E-state index in [4.69, 9.17) is 9.52 Å². The van der Waals surface area contributed by atoms with Crippen molar-refractivity contribution in [2.45, 2.75) is 32.6 Å². The summed E-state index contributed by atoms with van der Waals surface area (Å²) in [4.78, 5) is 27.5. The second kappa shape index (κ2) is 7.51. The summed E-state index contributed by atoms with van der Waals surface area (Å²) in [5.41, 5.74) is 2.88. The van der Waals surface area contributed by atoms with E-state index in [9.17, 15) is 9.59 Å². The lowest BCUT2D eigenvalue weighted by molar-refractivity contribution is -0.141. The number of carbonyl (C=O) groups excluding carboxylic acids is 1. The SMILES string of the molecule is Cc1ccc(-c2nc(CCNC(=O)[C@@H]3CC[C@H](C(=O)O)C3)co2)cc1. The van der Waals surface area contributed by atoms with Gasteiger partial charge in [0.2, 0.25) is 11.8 Å². The summed E-state index contributed by atoms with van der Waals surface area (Å²) in [6.07, 6.45) is 3.84. The topological polar surface area (TPSA) is 92.4 Å². The van der Waals surface area contributed by atoms with Gasteiger partial charge in [0.1, 0.15) is 6.26 Å². The van der Waals surface area contributed by atoms with E-state index < -0.39 is 5.97 Å². The average molecular weight is 342 g/mol. The molecule has 0 saturated heterocycles. The van der Waals surface area contributed by atoms with Gasteiger partial charge in [-0.1, -0.05) is 17.7 Å². The van der Waals surface area contributed by atoms with Crippen LogP contribution in [0.2, 0.25) is 0 Å². The molecule has 0 aliphatic heterocycles. The van der Waals surface area contributed by atoms with Crippen molar-refractivity contribution in [3.8, 4) is 11.5 Å². The Morgan fingerprint density at radius 1 is 1.24 bits per heavy atom. The van der Waals surface area contributed by atoms with Crippen molar-refractivity contribution in [1.29, 1.82) is 0 Å². The van der Waals surface area contributed by atoms with Gasteiger partial charge in [-0.25, -0.2) is 4.98 Å². The van der Waals surface area contributed by atoms with E-state index in [1.807, 2.05) is 31.2 Å². The minimum Gasteiger partial charge on any atom is -0.481 e. The number of amides is 1. The van der Waals surface area contributed by atoms with Crippen LogP contribution in [0.1, 0.15) is 30.5 Å². The maximum absolute atomic E-state index is 12.1. The predicted octanol–water partition coefficient (Wildman–Crippen LogP) is 2.81. The van der Waals surface area contributed by atoms with E-state index in [1.54, 1.807) is 6.26 Å². The van der Waals surface area contributed by atoms with E-state index in [2.05, 4.69) is 10.3 Å². The molecule has 132 valence electrons. The number of nitrogens with one attached hydrogen (secondary N) is 1. The number of carboxylic acid groups (broad SMARTS) is 1. The van der Waals surface area contributed by atoms with Crippen LogP contribution in [0.15, 0.2) is 34.9 Å². The molecular weight excluding hydrogens is 320 g/mol. The quantitative estimate of drug-likeness (QED) is 0.842. The first kappa shape index (κ1) is 17.2. The van der Waals surface area contributed by atoms with E-state index in [1.165, 1.54) is 5.56 Å². The van der Waals surface area contributed by atoms with Crippen LogP contribution in [-0.2, 0) is 16.0 Å². The van der Waals surface area contributed by atoms with Crippen molar-refractivity contribution in [3.05, 3.63) is 41.8 Å². The first-order chi connectivity index (χ1) is 12.0. The Morgan fingerprint density at radius 3 is 2.64 bits per heavy atom. The van der Waals surface area contributed by atoms with Crippen molar-refractivity contribution in [2.75, 3.05) is 6.54 Å². The maximum Gasteiger partial charge on any atom is 0.306 e. The van der Waals surface area contributed by atoms with Crippen LogP contribution in [0.5, 0.6) is 0 Å². The first-order valence-electron chi connectivity index (χ1n) is 8.55. The molecule has 25 heavy (non-hydrogen) atoms. The molecule has 1 fully saturated rings. The Morgan fingerprint density at radius 2 is 1.96 bits per heavy atom. The standard InChI is InChI=1S/C19H22N2O4/c1-12-2-4-13(5-3-12)18-21-16(11-25-18)8-9-20-17(22)14-6-7-15(10-14)19(23)24/h2-5,11,14-15H,6-10H2,1H3,(H,20,22)(H,23,24)/t14-,15+/m1/s1. The molecule has 6 nitrogen and oxygen atoms in total. The normalized spacial score (nSPS) is 19.7. The smallest absolute Gasteiger partial charge is 0.306 e. The summed E-state index contributed by atoms with van der Waals surface area (Å²) in [5.74, 6) is -0.876. The van der Waals surface area contributed by atoms with Crippen LogP contribution in [-0.4, -0.2) is 28.5 Å². The molecule has 0 bridgehead atoms. The zero-order valence-electron chi connectivity index (χ0n) is 14.2. The Hall–Kier alpha value is -2.63. The highest BCUT2D eigenvalue weighted by atomic mass is 16.4. The van der Waals surface area contributed by atoms with E-state index in [0.29, 0.717) is 38.1 Å². The number of benzene rings is 1. The number of carbonyl (C=O) groups is 2. The molecule has 6 heteroatoms. The molecule has 1 aliphatic carbocycles. The number of nitrogens with zero attached hydrogens (tertiary/aromatic N) is 1. The van der Waals surface area contributed by atoms with Crippen LogP contribution in [0.4, 0.5) is 0 Å². The highest BCUT2D eigenvalue weighted by Crippen LogP contribution is 2.31. The number of hydrogen-bond acceptors (Lipinski definition) is 4. The number of aliphatic carboxylic acids is 1. The minimum absolute atomic E-state index is 0.0639. The molecule has 1 heterocycles. The molecule has 0 unspecified atom stereocenters. The zero-order valence-corrected chi connectivity index (χ0v) is 14.2. The van der Waals surface area contributed by atoms with Crippen LogP contribution >= 0.6 is 0 Å². The number of rotatable bonds is 6. The second-order valence-electron chi connectivity index (χ2n) is 6.60. The fraction of sp³-hybridized carbons (Fsp3) is 0.421. The summed E-state index contributed by atoms with van der Waals surface area (Å²) in [6.45, 7) is 2.49. The molecule has 0 spiro atoms. The van der Waals surface area contributed by atoms with Crippen LogP contribution in [0.25, 0.3) is 11.5 Å². The van der Waals surface area contributed by atoms with Gasteiger partial charge in [-0.05, 0) is 38.3 Å². The molecule has 1 amide bonds. The van der Waals surface area contributed by atoms with E-state index in [0.717, 1.165) is 11.3 Å². The average Bonchev–Trinajstić information content (AvgIpc) is 3.25. The van der Waals surface area contributed by atoms with Crippen molar-refractivity contribution < 1.29 is 19.1 Å². The summed E-state index contributed by atoms with van der Waals surface area (Å²) in [5, 5.41) is 11.9. The monoisotopic (exact) mass is 342 g/mol. The fourth-order valence-corrected chi connectivity index (χ4v) is 3.15. The number of aromatic nitrogens is 1. The van der Waals surface area contributed by atoms with Gasteiger partial charge in [0, 0.05) is 24.4 Å². The Balaban J connectivity index is 1.47. The van der Waals surface area contributed by atoms with Crippen molar-refractivity contribution in [1.82, 2.24) is 10.3 Å². The number of hydrogen-bond donors (Lipinski definition) is 2. The molecule has 0 radical (unpaired) electrons. The van der Waals surface area contributed by atoms with Gasteiger partial charge in [-0.3, -0.25) is 9.59 Å². The third-order valence-corrected chi connectivity index (χ3v) is 4.68. The zero-order chi connectivity index (χ0) is 17.8. The van der Waals surface area contributed by atoms with Gasteiger partial charge < -0.3 is 14.8 Å². The molecule has 2 aromatic rings. The summed E-state index contributed by atoms with van der Waals surface area (Å²) in [6, 6.07) is 7.94. The largest absolute Gasteiger partial charge is 0.481 e. The maximum atomic E-state index is 12.1. The van der Waals surface area contributed by atoms with E-state index >= 15 is 0 Å². The second-order valence-corrected chi connectivity index (χ2v) is 6.60. The van der Waals surface area contributed by atoms with E-state index in [-0.39, 0.29) is 17.7 Å². The Kier molecular flexibility index (Phi) is 5.16. The minimum atomic E-state index is -0.804. The fourth-order valence-electron chi connectivity index (χ4n) is 3.15. The number of carboxylic acids is 1.